The molecule has 0 radical (unpaired) electrons. The molecule has 4 heteroatoms. The van der Waals surface area contributed by atoms with Crippen LogP contribution >= 0.6 is 0 Å². The van der Waals surface area contributed by atoms with Crippen LogP contribution in [-0.2, 0) is 28.1 Å². The van der Waals surface area contributed by atoms with Crippen molar-refractivity contribution in [1.29, 1.82) is 0 Å². The first-order valence-corrected chi connectivity index (χ1v) is 31.1. The SMILES string of the molecule is CCCCCCc1ccc(N2c3cc(N(c4ccc(C(C)(C)C)cc4)c4ccc(C(C)(C)C)cc4)cc[c]3[Ge]3([CH3])[c]4cc(C(C)(C)C)ccc4N(c4ccc(C(C)(C)C)cc4)c4cccc2[c]43)cc1. The van der Waals surface area contributed by atoms with Gasteiger partial charge >= 0.3 is 414 Å². The van der Waals surface area contributed by atoms with Crippen molar-refractivity contribution in [2.24, 2.45) is 0 Å². The van der Waals surface area contributed by atoms with Crippen LogP contribution in [-0.4, -0.2) is 13.3 Å². The van der Waals surface area contributed by atoms with E-state index in [2.05, 4.69) is 262 Å². The first-order valence-electron chi connectivity index (χ1n) is 25.8. The summed E-state index contributed by atoms with van der Waals surface area (Å²) in [6, 6.07) is 59.6. The van der Waals surface area contributed by atoms with Crippen molar-refractivity contribution in [2.75, 3.05) is 14.7 Å². The summed E-state index contributed by atoms with van der Waals surface area (Å²) in [6.45, 7) is 30.1. The Morgan fingerprint density at radius 1 is 0.406 bits per heavy atom. The summed E-state index contributed by atoms with van der Waals surface area (Å²) in [5.74, 6) is 2.69. The van der Waals surface area contributed by atoms with Gasteiger partial charge in [0.25, 0.3) is 0 Å². The van der Waals surface area contributed by atoms with Gasteiger partial charge in [0.1, 0.15) is 0 Å². The molecule has 3 nitrogen and oxygen atoms in total. The summed E-state index contributed by atoms with van der Waals surface area (Å²) in [6.07, 6.45) is 6.17. The first kappa shape index (κ1) is 48.5. The minimum absolute atomic E-state index is 0.0101. The summed E-state index contributed by atoms with van der Waals surface area (Å²) in [4.78, 5) is 7.68. The maximum atomic E-state index is 2.69. The molecule has 7 aromatic rings. The fourth-order valence-corrected chi connectivity index (χ4v) is 20.3. The normalized spacial score (nSPS) is 15.7. The molecule has 0 aromatic heterocycles. The molecule has 356 valence electrons. The van der Waals surface area contributed by atoms with Crippen molar-refractivity contribution in [3.8, 4) is 0 Å². The van der Waals surface area contributed by atoms with E-state index in [1.807, 2.05) is 0 Å². The number of hydrogen-bond donors (Lipinski definition) is 0. The van der Waals surface area contributed by atoms with Crippen molar-refractivity contribution >= 4 is 77.6 Å². The van der Waals surface area contributed by atoms with Crippen molar-refractivity contribution < 1.29 is 0 Å². The number of hydrogen-bond acceptors (Lipinski definition) is 3. The van der Waals surface area contributed by atoms with E-state index >= 15 is 0 Å². The Kier molecular flexibility index (Phi) is 12.7. The van der Waals surface area contributed by atoms with E-state index in [0.29, 0.717) is 0 Å². The minimum atomic E-state index is -3.53. The quantitative estimate of drug-likeness (QED) is 0.0999. The molecular weight excluding hydrogens is 895 g/mol. The molecule has 69 heavy (non-hydrogen) atoms. The van der Waals surface area contributed by atoms with Crippen molar-refractivity contribution in [2.45, 2.75) is 150 Å². The monoisotopic (exact) mass is 974 g/mol. The number of unbranched alkanes of at least 4 members (excludes halogenated alkanes) is 3. The fraction of sp³-hybridized carbons (Fsp3) is 0.354. The van der Waals surface area contributed by atoms with Crippen LogP contribution in [0.3, 0.4) is 0 Å². The molecule has 9 rings (SSSR count). The second kappa shape index (κ2) is 18.0. The van der Waals surface area contributed by atoms with E-state index in [4.69, 9.17) is 0 Å². The van der Waals surface area contributed by atoms with Crippen molar-refractivity contribution in [3.63, 3.8) is 0 Å². The average Bonchev–Trinajstić information content (AvgIpc) is 3.30. The molecule has 2 heterocycles. The third-order valence-corrected chi connectivity index (χ3v) is 24.6. The molecule has 0 bridgehead atoms. The van der Waals surface area contributed by atoms with E-state index in [9.17, 15) is 0 Å². The van der Waals surface area contributed by atoms with Crippen LogP contribution in [0.15, 0.2) is 152 Å². The van der Waals surface area contributed by atoms with Crippen LogP contribution in [0.2, 0.25) is 5.76 Å². The molecule has 2 aliphatic rings. The van der Waals surface area contributed by atoms with Crippen LogP contribution < -0.4 is 27.9 Å². The molecule has 2 aliphatic heterocycles. The Hall–Kier alpha value is -5.52. The number of aryl methyl sites for hydroxylation is 1. The van der Waals surface area contributed by atoms with E-state index in [0.717, 1.165) is 23.5 Å². The zero-order chi connectivity index (χ0) is 49.3. The number of fused-ring (bicyclic) bond motifs is 4. The Morgan fingerprint density at radius 3 is 1.35 bits per heavy atom. The summed E-state index contributed by atoms with van der Waals surface area (Å²) < 4.78 is 4.53. The molecule has 7 aromatic carbocycles. The van der Waals surface area contributed by atoms with Crippen molar-refractivity contribution in [1.82, 2.24) is 0 Å². The van der Waals surface area contributed by atoms with E-state index in [-0.39, 0.29) is 21.7 Å². The molecule has 1 atom stereocenters. The molecular formula is C65H77GeN3. The van der Waals surface area contributed by atoms with Gasteiger partial charge in [0.15, 0.2) is 0 Å². The summed E-state index contributed by atoms with van der Waals surface area (Å²) in [7, 11) is 0. The third-order valence-electron chi connectivity index (χ3n) is 15.2. The molecule has 1 unspecified atom stereocenters. The van der Waals surface area contributed by atoms with Gasteiger partial charge in [0, 0.05) is 0 Å². The predicted molar refractivity (Wildman–Crippen MR) is 304 cm³/mol. The number of benzene rings is 7. The second-order valence-electron chi connectivity index (χ2n) is 24.4. The summed E-state index contributed by atoms with van der Waals surface area (Å²) in [5.41, 5.74) is 18.0. The number of nitrogens with zero attached hydrogens (tertiary/aromatic N) is 3. The van der Waals surface area contributed by atoms with Gasteiger partial charge < -0.3 is 0 Å². The van der Waals surface area contributed by atoms with Crippen LogP contribution in [0.1, 0.15) is 144 Å². The van der Waals surface area contributed by atoms with Crippen LogP contribution in [0.25, 0.3) is 0 Å². The third kappa shape index (κ3) is 9.10. The molecule has 0 saturated carbocycles. The van der Waals surface area contributed by atoms with Gasteiger partial charge in [-0.25, -0.2) is 0 Å². The molecule has 0 N–H and O–H groups in total. The zero-order valence-corrected chi connectivity index (χ0v) is 46.4. The maximum absolute atomic E-state index is 3.53. The Bertz CT molecular complexity index is 2900. The van der Waals surface area contributed by atoms with Gasteiger partial charge in [-0.15, -0.1) is 0 Å². The van der Waals surface area contributed by atoms with Gasteiger partial charge in [-0.1, -0.05) is 6.92 Å². The van der Waals surface area contributed by atoms with Gasteiger partial charge in [-0.05, 0) is 0 Å². The standard InChI is InChI=1S/C65H77GeN3/c1-15-16-17-18-20-45-23-32-52(33-24-45)69-59-22-19-21-58-61(59)66(14,56-43-49(65(11,12)13)31-42-57(56)68(58)53-38-29-48(30-39-53)64(8,9)10)55-41-40-54(44-60(55)69)67(50-34-25-46(26-35-50)62(2,3)4)51-36-27-47(28-37-51)63(5,6)7/h19,21-44H,15-18,20H2,1-14H3. The molecule has 0 saturated heterocycles. The Morgan fingerprint density at radius 2 is 0.855 bits per heavy atom. The van der Waals surface area contributed by atoms with Gasteiger partial charge in [0.05, 0.1) is 0 Å². The van der Waals surface area contributed by atoms with Crippen LogP contribution in [0.4, 0.5) is 51.2 Å². The Balaban J connectivity index is 1.30. The zero-order valence-electron chi connectivity index (χ0n) is 44.3. The summed E-state index contributed by atoms with van der Waals surface area (Å²) >= 11 is -3.53. The molecule has 0 fully saturated rings. The summed E-state index contributed by atoms with van der Waals surface area (Å²) in [5, 5.41) is 0. The van der Waals surface area contributed by atoms with E-state index < -0.39 is 13.3 Å². The van der Waals surface area contributed by atoms with Crippen LogP contribution in [0, 0.1) is 0 Å². The molecule has 0 amide bonds. The predicted octanol–water partition coefficient (Wildman–Crippen LogP) is 17.1. The second-order valence-corrected chi connectivity index (χ2v) is 32.4. The first-order chi connectivity index (χ1) is 32.6. The fourth-order valence-electron chi connectivity index (χ4n) is 10.9. The van der Waals surface area contributed by atoms with E-state index in [1.54, 1.807) is 0 Å². The molecule has 0 spiro atoms. The topological polar surface area (TPSA) is 9.72 Å². The number of anilines is 9. The number of rotatable bonds is 10. The van der Waals surface area contributed by atoms with Gasteiger partial charge in [0.2, 0.25) is 0 Å². The van der Waals surface area contributed by atoms with Gasteiger partial charge in [-0.3, -0.25) is 0 Å². The van der Waals surface area contributed by atoms with Crippen LogP contribution in [0.5, 0.6) is 0 Å². The average molecular weight is 973 g/mol. The van der Waals surface area contributed by atoms with Gasteiger partial charge in [-0.2, -0.15) is 0 Å². The van der Waals surface area contributed by atoms with Crippen molar-refractivity contribution in [3.05, 3.63) is 179 Å². The Labute approximate surface area is 419 Å². The van der Waals surface area contributed by atoms with E-state index in [1.165, 1.54) is 101 Å². The molecule has 0 aliphatic carbocycles.